The molecule has 0 amide bonds. The van der Waals surface area contributed by atoms with Crippen LogP contribution in [0.5, 0.6) is 0 Å². The van der Waals surface area contributed by atoms with Crippen LogP contribution in [0.25, 0.3) is 0 Å². The summed E-state index contributed by atoms with van der Waals surface area (Å²) in [5.41, 5.74) is 7.80. The first kappa shape index (κ1) is 12.7. The molecule has 0 saturated heterocycles. The molecule has 0 saturated carbocycles. The molecule has 1 aromatic carbocycles. The van der Waals surface area contributed by atoms with Gasteiger partial charge in [0.25, 0.3) is 0 Å². The van der Waals surface area contributed by atoms with E-state index in [1.807, 2.05) is 31.2 Å². The second kappa shape index (κ2) is 6.26. The fourth-order valence-corrected chi connectivity index (χ4v) is 1.89. The van der Waals surface area contributed by atoms with Gasteiger partial charge in [0.1, 0.15) is 11.5 Å². The van der Waals surface area contributed by atoms with Crippen LogP contribution < -0.4 is 11.1 Å². The lowest BCUT2D eigenvalue weighted by molar-refractivity contribution is 0.460. The number of nitrogens with two attached hydrogens (primary N) is 1. The number of aryl methyl sites for hydroxylation is 2. The monoisotopic (exact) mass is 244 g/mol. The summed E-state index contributed by atoms with van der Waals surface area (Å²) in [5, 5.41) is 3.38. The highest BCUT2D eigenvalue weighted by Crippen LogP contribution is 2.08. The maximum atomic E-state index is 5.65. The largest absolute Gasteiger partial charge is 0.465 e. The van der Waals surface area contributed by atoms with Gasteiger partial charge in [-0.05, 0) is 56.1 Å². The van der Waals surface area contributed by atoms with Crippen LogP contribution in [0.4, 0.5) is 5.69 Å². The van der Waals surface area contributed by atoms with Crippen LogP contribution in [0, 0.1) is 6.92 Å². The van der Waals surface area contributed by atoms with Gasteiger partial charge in [0, 0.05) is 5.69 Å². The van der Waals surface area contributed by atoms with Gasteiger partial charge in [0.15, 0.2) is 0 Å². The maximum Gasteiger partial charge on any atom is 0.117 e. The zero-order valence-electron chi connectivity index (χ0n) is 10.8. The molecular weight excluding hydrogens is 224 g/mol. The molecular formula is C15H20N2O. The van der Waals surface area contributed by atoms with Crippen molar-refractivity contribution in [1.82, 2.24) is 5.32 Å². The first-order chi connectivity index (χ1) is 8.74. The standard InChI is InChI=1S/C15H20N2O/c1-12-4-9-15(18-12)11-17-10-2-3-13-5-7-14(16)8-6-13/h4-9,17H,2-3,10-11,16H2,1H3. The number of rotatable bonds is 6. The van der Waals surface area contributed by atoms with E-state index in [1.54, 1.807) is 0 Å². The Kier molecular flexibility index (Phi) is 4.42. The molecule has 0 fully saturated rings. The maximum absolute atomic E-state index is 5.65. The average molecular weight is 244 g/mol. The molecule has 2 rings (SSSR count). The van der Waals surface area contributed by atoms with Crippen LogP contribution in [-0.4, -0.2) is 6.54 Å². The van der Waals surface area contributed by atoms with Gasteiger partial charge in [-0.2, -0.15) is 0 Å². The van der Waals surface area contributed by atoms with Crippen LogP contribution in [0.3, 0.4) is 0 Å². The van der Waals surface area contributed by atoms with Gasteiger partial charge in [0.2, 0.25) is 0 Å². The van der Waals surface area contributed by atoms with Crippen LogP contribution in [-0.2, 0) is 13.0 Å². The number of nitrogens with one attached hydrogen (secondary N) is 1. The minimum Gasteiger partial charge on any atom is -0.465 e. The highest BCUT2D eigenvalue weighted by molar-refractivity contribution is 5.39. The van der Waals surface area contributed by atoms with Gasteiger partial charge in [-0.25, -0.2) is 0 Å². The van der Waals surface area contributed by atoms with Crippen molar-refractivity contribution in [3.63, 3.8) is 0 Å². The van der Waals surface area contributed by atoms with Crippen molar-refractivity contribution in [3.05, 3.63) is 53.5 Å². The van der Waals surface area contributed by atoms with E-state index in [1.165, 1.54) is 5.56 Å². The Morgan fingerprint density at radius 2 is 1.89 bits per heavy atom. The third kappa shape index (κ3) is 3.93. The normalized spacial score (nSPS) is 10.7. The summed E-state index contributed by atoms with van der Waals surface area (Å²) < 4.78 is 5.49. The van der Waals surface area contributed by atoms with Crippen molar-refractivity contribution in [2.75, 3.05) is 12.3 Å². The van der Waals surface area contributed by atoms with E-state index in [2.05, 4.69) is 17.4 Å². The van der Waals surface area contributed by atoms with Crippen molar-refractivity contribution in [2.45, 2.75) is 26.3 Å². The molecule has 0 aliphatic heterocycles. The topological polar surface area (TPSA) is 51.2 Å². The second-order valence-electron chi connectivity index (χ2n) is 4.53. The molecule has 18 heavy (non-hydrogen) atoms. The fourth-order valence-electron chi connectivity index (χ4n) is 1.89. The number of hydrogen-bond acceptors (Lipinski definition) is 3. The molecule has 1 aromatic heterocycles. The Hall–Kier alpha value is -1.74. The van der Waals surface area contributed by atoms with Gasteiger partial charge in [0.05, 0.1) is 6.54 Å². The quantitative estimate of drug-likeness (QED) is 0.607. The molecule has 0 atom stereocenters. The first-order valence-electron chi connectivity index (χ1n) is 6.34. The molecule has 0 spiro atoms. The summed E-state index contributed by atoms with van der Waals surface area (Å²) in [4.78, 5) is 0. The van der Waals surface area contributed by atoms with Crippen molar-refractivity contribution in [2.24, 2.45) is 0 Å². The molecule has 3 nitrogen and oxygen atoms in total. The van der Waals surface area contributed by atoms with Gasteiger partial charge in [-0.3, -0.25) is 0 Å². The smallest absolute Gasteiger partial charge is 0.117 e. The lowest BCUT2D eigenvalue weighted by Gasteiger charge is -2.04. The molecule has 0 aliphatic rings. The van der Waals surface area contributed by atoms with E-state index >= 15 is 0 Å². The molecule has 0 bridgehead atoms. The van der Waals surface area contributed by atoms with E-state index in [0.29, 0.717) is 0 Å². The molecule has 0 unspecified atom stereocenters. The molecule has 96 valence electrons. The highest BCUT2D eigenvalue weighted by Gasteiger charge is 1.98. The molecule has 2 aromatic rings. The molecule has 1 heterocycles. The second-order valence-corrected chi connectivity index (χ2v) is 4.53. The SMILES string of the molecule is Cc1ccc(CNCCCc2ccc(N)cc2)o1. The van der Waals surface area contributed by atoms with Crippen LogP contribution in [0.1, 0.15) is 23.5 Å². The number of furan rings is 1. The van der Waals surface area contributed by atoms with Crippen molar-refractivity contribution >= 4 is 5.69 Å². The molecule has 3 heteroatoms. The van der Waals surface area contributed by atoms with Gasteiger partial charge in [-0.15, -0.1) is 0 Å². The van der Waals surface area contributed by atoms with Gasteiger partial charge in [-0.1, -0.05) is 12.1 Å². The summed E-state index contributed by atoms with van der Waals surface area (Å²) in [5.74, 6) is 1.97. The Bertz CT molecular complexity index is 473. The van der Waals surface area contributed by atoms with E-state index in [0.717, 1.165) is 43.1 Å². The van der Waals surface area contributed by atoms with Crippen LogP contribution in [0.15, 0.2) is 40.8 Å². The van der Waals surface area contributed by atoms with Gasteiger partial charge < -0.3 is 15.5 Å². The zero-order valence-corrected chi connectivity index (χ0v) is 10.8. The predicted octanol–water partition coefficient (Wildman–Crippen LogP) is 2.89. The minimum absolute atomic E-state index is 0.801. The Balaban J connectivity index is 1.63. The summed E-state index contributed by atoms with van der Waals surface area (Å²) in [7, 11) is 0. The van der Waals surface area contributed by atoms with E-state index in [9.17, 15) is 0 Å². The van der Waals surface area contributed by atoms with Crippen molar-refractivity contribution in [3.8, 4) is 0 Å². The molecule has 0 radical (unpaired) electrons. The Morgan fingerprint density at radius 1 is 1.11 bits per heavy atom. The number of anilines is 1. The fraction of sp³-hybridized carbons (Fsp3) is 0.333. The Labute approximate surface area is 108 Å². The van der Waals surface area contributed by atoms with E-state index in [-0.39, 0.29) is 0 Å². The highest BCUT2D eigenvalue weighted by atomic mass is 16.3. The van der Waals surface area contributed by atoms with Gasteiger partial charge >= 0.3 is 0 Å². The lowest BCUT2D eigenvalue weighted by Crippen LogP contribution is -2.14. The summed E-state index contributed by atoms with van der Waals surface area (Å²) >= 11 is 0. The summed E-state index contributed by atoms with van der Waals surface area (Å²) in [6.45, 7) is 3.75. The van der Waals surface area contributed by atoms with Crippen molar-refractivity contribution < 1.29 is 4.42 Å². The first-order valence-corrected chi connectivity index (χ1v) is 6.34. The van der Waals surface area contributed by atoms with Crippen LogP contribution in [0.2, 0.25) is 0 Å². The lowest BCUT2D eigenvalue weighted by atomic mass is 10.1. The number of nitrogen functional groups attached to an aromatic ring is 1. The predicted molar refractivity (Wildman–Crippen MR) is 74.3 cm³/mol. The third-order valence-electron chi connectivity index (χ3n) is 2.89. The minimum atomic E-state index is 0.801. The average Bonchev–Trinajstić information content (AvgIpc) is 2.77. The summed E-state index contributed by atoms with van der Waals surface area (Å²) in [6, 6.07) is 12.1. The number of hydrogen-bond donors (Lipinski definition) is 2. The molecule has 3 N–H and O–H groups in total. The Morgan fingerprint density at radius 3 is 2.56 bits per heavy atom. The molecule has 0 aliphatic carbocycles. The van der Waals surface area contributed by atoms with Crippen molar-refractivity contribution in [1.29, 1.82) is 0 Å². The van der Waals surface area contributed by atoms with E-state index in [4.69, 9.17) is 10.2 Å². The van der Waals surface area contributed by atoms with Crippen LogP contribution >= 0.6 is 0 Å². The number of benzene rings is 1. The van der Waals surface area contributed by atoms with E-state index < -0.39 is 0 Å². The zero-order chi connectivity index (χ0) is 12.8. The third-order valence-corrected chi connectivity index (χ3v) is 2.89. The summed E-state index contributed by atoms with van der Waals surface area (Å²) in [6.07, 6.45) is 2.19.